The molecule has 98 valence electrons. The van der Waals surface area contributed by atoms with Crippen LogP contribution < -0.4 is 0 Å². The molecule has 0 N–H and O–H groups in total. The Morgan fingerprint density at radius 3 is 2.33 bits per heavy atom. The van der Waals surface area contributed by atoms with Crippen molar-refractivity contribution in [3.63, 3.8) is 0 Å². The second kappa shape index (κ2) is 7.21. The molecule has 0 aliphatic heterocycles. The van der Waals surface area contributed by atoms with Crippen molar-refractivity contribution in [2.75, 3.05) is 12.8 Å². The van der Waals surface area contributed by atoms with Gasteiger partial charge in [-0.1, -0.05) is 19.1 Å². The minimum atomic E-state index is -0.130. The first-order valence-electron chi connectivity index (χ1n) is 5.98. The van der Waals surface area contributed by atoms with Crippen molar-refractivity contribution in [2.45, 2.75) is 31.7 Å². The zero-order valence-corrected chi connectivity index (χ0v) is 11.9. The molecule has 0 aliphatic rings. The average molecular weight is 265 g/mol. The topological polar surface area (TPSA) is 37.4 Å². The third-order valence-electron chi connectivity index (χ3n) is 2.48. The van der Waals surface area contributed by atoms with Gasteiger partial charge in [0, 0.05) is 18.5 Å². The molecule has 0 aliphatic carbocycles. The molecule has 0 saturated carbocycles. The van der Waals surface area contributed by atoms with Crippen LogP contribution in [0.2, 0.25) is 0 Å². The van der Waals surface area contributed by atoms with Crippen LogP contribution in [0.25, 0.3) is 0 Å². The molecule has 4 heteroatoms. The van der Waals surface area contributed by atoms with E-state index >= 15 is 0 Å². The fraction of sp³-hybridized carbons (Fsp3) is 0.429. The van der Waals surface area contributed by atoms with Crippen LogP contribution in [0.4, 0.5) is 0 Å². The minimum absolute atomic E-state index is 0.0136. The molecule has 0 atom stereocenters. The van der Waals surface area contributed by atoms with Crippen molar-refractivity contribution in [1.82, 2.24) is 4.90 Å². The SMILES string of the molecule is CCSc1ccc(CN(C)C(=O)CC(C)=O)cc1. The summed E-state index contributed by atoms with van der Waals surface area (Å²) in [6.45, 7) is 4.10. The summed E-state index contributed by atoms with van der Waals surface area (Å²) in [6.07, 6.45) is -0.0136. The summed E-state index contributed by atoms with van der Waals surface area (Å²) in [7, 11) is 1.72. The summed E-state index contributed by atoms with van der Waals surface area (Å²) in [5.41, 5.74) is 1.08. The number of carbonyl (C=O) groups is 2. The zero-order chi connectivity index (χ0) is 13.5. The molecular weight excluding hydrogens is 246 g/mol. The largest absolute Gasteiger partial charge is 0.341 e. The fourth-order valence-electron chi connectivity index (χ4n) is 1.57. The smallest absolute Gasteiger partial charge is 0.230 e. The van der Waals surface area contributed by atoms with Crippen LogP contribution in [0.3, 0.4) is 0 Å². The number of rotatable bonds is 6. The molecule has 1 aromatic carbocycles. The Bertz CT molecular complexity index is 414. The number of benzene rings is 1. The normalized spacial score (nSPS) is 10.2. The fourth-order valence-corrected chi connectivity index (χ4v) is 2.23. The number of nitrogens with zero attached hydrogens (tertiary/aromatic N) is 1. The lowest BCUT2D eigenvalue weighted by atomic mass is 10.2. The highest BCUT2D eigenvalue weighted by atomic mass is 32.2. The Morgan fingerprint density at radius 2 is 1.83 bits per heavy atom. The lowest BCUT2D eigenvalue weighted by Crippen LogP contribution is -2.27. The molecule has 0 radical (unpaired) electrons. The van der Waals surface area contributed by atoms with E-state index in [1.807, 2.05) is 12.1 Å². The highest BCUT2D eigenvalue weighted by molar-refractivity contribution is 7.99. The molecule has 0 saturated heterocycles. The maximum atomic E-state index is 11.6. The van der Waals surface area contributed by atoms with Crippen LogP contribution in [0.15, 0.2) is 29.2 Å². The van der Waals surface area contributed by atoms with E-state index in [2.05, 4.69) is 19.1 Å². The van der Waals surface area contributed by atoms with Crippen molar-refractivity contribution < 1.29 is 9.59 Å². The summed E-state index contributed by atoms with van der Waals surface area (Å²) in [6, 6.07) is 8.17. The summed E-state index contributed by atoms with van der Waals surface area (Å²) < 4.78 is 0. The monoisotopic (exact) mass is 265 g/mol. The number of Topliss-reactive ketones (excluding diaryl/α,β-unsaturated/α-hetero) is 1. The lowest BCUT2D eigenvalue weighted by molar-refractivity contribution is -0.134. The van der Waals surface area contributed by atoms with E-state index in [9.17, 15) is 9.59 Å². The first kappa shape index (κ1) is 14.8. The molecule has 0 spiro atoms. The highest BCUT2D eigenvalue weighted by Crippen LogP contribution is 2.18. The summed E-state index contributed by atoms with van der Waals surface area (Å²) in [5.74, 6) is 0.826. The second-order valence-electron chi connectivity index (χ2n) is 4.21. The lowest BCUT2D eigenvalue weighted by Gasteiger charge is -2.16. The first-order valence-corrected chi connectivity index (χ1v) is 6.96. The van der Waals surface area contributed by atoms with Gasteiger partial charge in [-0.2, -0.15) is 0 Å². The van der Waals surface area contributed by atoms with Gasteiger partial charge in [-0.25, -0.2) is 0 Å². The van der Waals surface area contributed by atoms with E-state index in [0.717, 1.165) is 11.3 Å². The molecule has 1 aromatic rings. The molecule has 18 heavy (non-hydrogen) atoms. The number of hydrogen-bond acceptors (Lipinski definition) is 3. The van der Waals surface area contributed by atoms with Gasteiger partial charge in [-0.3, -0.25) is 9.59 Å². The Morgan fingerprint density at radius 1 is 1.22 bits per heavy atom. The van der Waals surface area contributed by atoms with E-state index in [-0.39, 0.29) is 18.1 Å². The third-order valence-corrected chi connectivity index (χ3v) is 3.37. The van der Waals surface area contributed by atoms with E-state index in [1.54, 1.807) is 23.7 Å². The first-order chi connectivity index (χ1) is 8.52. The number of hydrogen-bond donors (Lipinski definition) is 0. The average Bonchev–Trinajstić information content (AvgIpc) is 2.31. The van der Waals surface area contributed by atoms with Gasteiger partial charge in [0.2, 0.25) is 5.91 Å². The van der Waals surface area contributed by atoms with Gasteiger partial charge in [0.1, 0.15) is 5.78 Å². The molecule has 0 fully saturated rings. The Balaban J connectivity index is 2.56. The molecule has 0 unspecified atom stereocenters. The Hall–Kier alpha value is -1.29. The molecule has 0 heterocycles. The maximum Gasteiger partial charge on any atom is 0.230 e. The summed E-state index contributed by atoms with van der Waals surface area (Å²) in [4.78, 5) is 25.3. The van der Waals surface area contributed by atoms with E-state index < -0.39 is 0 Å². The van der Waals surface area contributed by atoms with Crippen LogP contribution in [0.5, 0.6) is 0 Å². The number of ketones is 1. The summed E-state index contributed by atoms with van der Waals surface area (Å²) in [5, 5.41) is 0. The number of carbonyl (C=O) groups excluding carboxylic acids is 2. The van der Waals surface area contributed by atoms with Gasteiger partial charge in [-0.05, 0) is 30.4 Å². The van der Waals surface area contributed by atoms with Crippen molar-refractivity contribution >= 4 is 23.5 Å². The van der Waals surface area contributed by atoms with Crippen LogP contribution in [0, 0.1) is 0 Å². The number of amides is 1. The molecule has 0 bridgehead atoms. The third kappa shape index (κ3) is 4.92. The van der Waals surface area contributed by atoms with Crippen molar-refractivity contribution in [3.8, 4) is 0 Å². The standard InChI is InChI=1S/C14H19NO2S/c1-4-18-13-7-5-12(6-8-13)10-15(3)14(17)9-11(2)16/h5-8H,4,9-10H2,1-3H3. The van der Waals surface area contributed by atoms with Gasteiger partial charge in [-0.15, -0.1) is 11.8 Å². The van der Waals surface area contributed by atoms with Crippen molar-refractivity contribution in [2.24, 2.45) is 0 Å². The molecule has 0 aromatic heterocycles. The van der Waals surface area contributed by atoms with Crippen LogP contribution in [-0.2, 0) is 16.1 Å². The quantitative estimate of drug-likeness (QED) is 0.586. The Labute approximate surface area is 113 Å². The van der Waals surface area contributed by atoms with E-state index in [1.165, 1.54) is 11.8 Å². The maximum absolute atomic E-state index is 11.6. The van der Waals surface area contributed by atoms with E-state index in [0.29, 0.717) is 6.54 Å². The minimum Gasteiger partial charge on any atom is -0.341 e. The van der Waals surface area contributed by atoms with Gasteiger partial charge < -0.3 is 4.90 Å². The van der Waals surface area contributed by atoms with Crippen LogP contribution >= 0.6 is 11.8 Å². The van der Waals surface area contributed by atoms with Crippen LogP contribution in [0.1, 0.15) is 25.8 Å². The molecule has 1 rings (SSSR count). The summed E-state index contributed by atoms with van der Waals surface area (Å²) >= 11 is 1.79. The second-order valence-corrected chi connectivity index (χ2v) is 5.54. The molecule has 3 nitrogen and oxygen atoms in total. The number of thioether (sulfide) groups is 1. The van der Waals surface area contributed by atoms with E-state index in [4.69, 9.17) is 0 Å². The Kier molecular flexibility index (Phi) is 5.92. The van der Waals surface area contributed by atoms with Crippen molar-refractivity contribution in [3.05, 3.63) is 29.8 Å². The predicted molar refractivity (Wildman–Crippen MR) is 74.6 cm³/mol. The zero-order valence-electron chi connectivity index (χ0n) is 11.1. The predicted octanol–water partition coefficient (Wildman–Crippen LogP) is 2.74. The molecule has 1 amide bonds. The van der Waals surface area contributed by atoms with Crippen molar-refractivity contribution in [1.29, 1.82) is 0 Å². The van der Waals surface area contributed by atoms with Gasteiger partial charge in [0.05, 0.1) is 6.42 Å². The highest BCUT2D eigenvalue weighted by Gasteiger charge is 2.11. The van der Waals surface area contributed by atoms with Gasteiger partial charge in [0.15, 0.2) is 0 Å². The van der Waals surface area contributed by atoms with Gasteiger partial charge >= 0.3 is 0 Å². The van der Waals surface area contributed by atoms with Gasteiger partial charge in [0.25, 0.3) is 0 Å². The van der Waals surface area contributed by atoms with Crippen LogP contribution in [-0.4, -0.2) is 29.4 Å². The molecular formula is C14H19NO2S.